The first kappa shape index (κ1) is 12.9. The van der Waals surface area contributed by atoms with E-state index in [4.69, 9.17) is 4.74 Å². The summed E-state index contributed by atoms with van der Waals surface area (Å²) in [7, 11) is 1.81. The van der Waals surface area contributed by atoms with Crippen molar-refractivity contribution in [1.29, 1.82) is 0 Å². The molecular formula is C16H19NOS. The van der Waals surface area contributed by atoms with E-state index in [0.717, 1.165) is 26.1 Å². The first-order valence-corrected chi connectivity index (χ1v) is 7.56. The van der Waals surface area contributed by atoms with Crippen LogP contribution in [0.4, 0.5) is 0 Å². The zero-order valence-electron chi connectivity index (χ0n) is 11.2. The fourth-order valence-corrected chi connectivity index (χ4v) is 3.63. The molecule has 3 rings (SSSR count). The second-order valence-corrected chi connectivity index (χ2v) is 6.18. The van der Waals surface area contributed by atoms with E-state index in [9.17, 15) is 0 Å². The van der Waals surface area contributed by atoms with Gasteiger partial charge in [0.05, 0.1) is 6.10 Å². The first-order valence-electron chi connectivity index (χ1n) is 6.74. The van der Waals surface area contributed by atoms with Gasteiger partial charge in [-0.2, -0.15) is 0 Å². The second-order valence-electron chi connectivity index (χ2n) is 5.01. The molecule has 0 unspecified atom stereocenters. The molecule has 2 heterocycles. The lowest BCUT2D eigenvalue weighted by Gasteiger charge is -2.13. The Labute approximate surface area is 118 Å². The van der Waals surface area contributed by atoms with Gasteiger partial charge >= 0.3 is 0 Å². The van der Waals surface area contributed by atoms with Gasteiger partial charge in [-0.05, 0) is 24.1 Å². The minimum absolute atomic E-state index is 0.425. The standard InChI is InChI=1S/C16H19NOS/c1-18-14-9-10-17(11-14)12-15-7-8-16(19-15)13-5-3-2-4-6-13/h2-8,14H,9-12H2,1H3/t14-/m1/s1. The van der Waals surface area contributed by atoms with Crippen LogP contribution in [0.5, 0.6) is 0 Å². The number of hydrogen-bond donors (Lipinski definition) is 0. The highest BCUT2D eigenvalue weighted by Crippen LogP contribution is 2.29. The predicted molar refractivity (Wildman–Crippen MR) is 80.4 cm³/mol. The van der Waals surface area contributed by atoms with Gasteiger partial charge in [-0.15, -0.1) is 11.3 Å². The van der Waals surface area contributed by atoms with Crippen LogP contribution < -0.4 is 0 Å². The van der Waals surface area contributed by atoms with Gasteiger partial charge in [-0.25, -0.2) is 0 Å². The van der Waals surface area contributed by atoms with Gasteiger partial charge in [0.15, 0.2) is 0 Å². The molecular weight excluding hydrogens is 254 g/mol. The maximum Gasteiger partial charge on any atom is 0.0710 e. The number of thiophene rings is 1. The fourth-order valence-electron chi connectivity index (χ4n) is 2.57. The molecule has 1 atom stereocenters. The minimum atomic E-state index is 0.425. The Morgan fingerprint density at radius 3 is 2.79 bits per heavy atom. The Hall–Kier alpha value is -1.16. The Bertz CT molecular complexity index is 523. The van der Waals surface area contributed by atoms with Crippen molar-refractivity contribution in [1.82, 2.24) is 4.90 Å². The normalized spacial score (nSPS) is 19.9. The molecule has 0 N–H and O–H groups in total. The highest BCUT2D eigenvalue weighted by Gasteiger charge is 2.22. The molecule has 1 aromatic carbocycles. The van der Waals surface area contributed by atoms with Crippen LogP contribution in [0.1, 0.15) is 11.3 Å². The van der Waals surface area contributed by atoms with Gasteiger partial charge in [0.2, 0.25) is 0 Å². The van der Waals surface area contributed by atoms with Crippen LogP contribution in [0.15, 0.2) is 42.5 Å². The third kappa shape index (κ3) is 3.06. The zero-order valence-corrected chi connectivity index (χ0v) is 12.0. The Kier molecular flexibility index (Phi) is 3.97. The first-order chi connectivity index (χ1) is 9.35. The van der Waals surface area contributed by atoms with Gasteiger partial charge in [-0.1, -0.05) is 30.3 Å². The summed E-state index contributed by atoms with van der Waals surface area (Å²) in [6.07, 6.45) is 1.58. The molecule has 0 aliphatic carbocycles. The molecule has 0 amide bonds. The molecule has 1 aliphatic heterocycles. The molecule has 3 heteroatoms. The molecule has 1 aromatic heterocycles. The molecule has 2 aromatic rings. The summed E-state index contributed by atoms with van der Waals surface area (Å²) in [5, 5.41) is 0. The van der Waals surface area contributed by atoms with E-state index >= 15 is 0 Å². The molecule has 1 saturated heterocycles. The fraction of sp³-hybridized carbons (Fsp3) is 0.375. The summed E-state index contributed by atoms with van der Waals surface area (Å²) in [6.45, 7) is 3.27. The van der Waals surface area contributed by atoms with Gasteiger partial charge in [0, 0.05) is 36.5 Å². The van der Waals surface area contributed by atoms with Crippen molar-refractivity contribution in [2.75, 3.05) is 20.2 Å². The number of hydrogen-bond acceptors (Lipinski definition) is 3. The average Bonchev–Trinajstić information content (AvgIpc) is 3.09. The van der Waals surface area contributed by atoms with Crippen molar-refractivity contribution < 1.29 is 4.74 Å². The lowest BCUT2D eigenvalue weighted by atomic mass is 10.2. The van der Waals surface area contributed by atoms with Crippen molar-refractivity contribution in [3.05, 3.63) is 47.3 Å². The average molecular weight is 273 g/mol. The maximum atomic E-state index is 5.42. The molecule has 19 heavy (non-hydrogen) atoms. The van der Waals surface area contributed by atoms with E-state index in [0.29, 0.717) is 6.10 Å². The predicted octanol–water partition coefficient (Wildman–Crippen LogP) is 3.64. The summed E-state index contributed by atoms with van der Waals surface area (Å²) in [6, 6.07) is 15.1. The largest absolute Gasteiger partial charge is 0.380 e. The number of rotatable bonds is 4. The van der Waals surface area contributed by atoms with E-state index in [1.807, 2.05) is 18.4 Å². The number of nitrogens with zero attached hydrogens (tertiary/aromatic N) is 1. The summed E-state index contributed by atoms with van der Waals surface area (Å²) in [5.74, 6) is 0. The second kappa shape index (κ2) is 5.87. The van der Waals surface area contributed by atoms with Crippen molar-refractivity contribution in [3.8, 4) is 10.4 Å². The van der Waals surface area contributed by atoms with Crippen LogP contribution in [0.25, 0.3) is 10.4 Å². The SMILES string of the molecule is CO[C@@H]1CCN(Cc2ccc(-c3ccccc3)s2)C1. The summed E-state index contributed by atoms with van der Waals surface area (Å²) >= 11 is 1.90. The quantitative estimate of drug-likeness (QED) is 0.843. The number of likely N-dealkylation sites (tertiary alicyclic amines) is 1. The van der Waals surface area contributed by atoms with Gasteiger partial charge in [-0.3, -0.25) is 4.90 Å². The Morgan fingerprint density at radius 2 is 2.05 bits per heavy atom. The molecule has 0 radical (unpaired) electrons. The van der Waals surface area contributed by atoms with Crippen LogP contribution in [0.3, 0.4) is 0 Å². The maximum absolute atomic E-state index is 5.42. The zero-order chi connectivity index (χ0) is 13.1. The van der Waals surface area contributed by atoms with Crippen molar-refractivity contribution >= 4 is 11.3 Å². The van der Waals surface area contributed by atoms with Crippen molar-refractivity contribution in [2.45, 2.75) is 19.1 Å². The highest BCUT2D eigenvalue weighted by molar-refractivity contribution is 7.15. The third-order valence-electron chi connectivity index (χ3n) is 3.66. The summed E-state index contributed by atoms with van der Waals surface area (Å²) in [4.78, 5) is 5.28. The molecule has 0 bridgehead atoms. The summed E-state index contributed by atoms with van der Waals surface area (Å²) < 4.78 is 5.42. The third-order valence-corrected chi connectivity index (χ3v) is 4.78. The van der Waals surface area contributed by atoms with E-state index in [-0.39, 0.29) is 0 Å². The number of methoxy groups -OCH3 is 1. The highest BCUT2D eigenvalue weighted by atomic mass is 32.1. The van der Waals surface area contributed by atoms with Crippen LogP contribution >= 0.6 is 11.3 Å². The Balaban J connectivity index is 1.66. The van der Waals surface area contributed by atoms with E-state index < -0.39 is 0 Å². The smallest absolute Gasteiger partial charge is 0.0710 e. The lowest BCUT2D eigenvalue weighted by Crippen LogP contribution is -2.21. The van der Waals surface area contributed by atoms with Gasteiger partial charge in [0.1, 0.15) is 0 Å². The number of ether oxygens (including phenoxy) is 1. The van der Waals surface area contributed by atoms with E-state index in [2.05, 4.69) is 47.4 Å². The molecule has 0 saturated carbocycles. The Morgan fingerprint density at radius 1 is 1.21 bits per heavy atom. The molecule has 100 valence electrons. The van der Waals surface area contributed by atoms with Crippen molar-refractivity contribution in [3.63, 3.8) is 0 Å². The van der Waals surface area contributed by atoms with Crippen molar-refractivity contribution in [2.24, 2.45) is 0 Å². The van der Waals surface area contributed by atoms with E-state index in [1.165, 1.54) is 15.3 Å². The van der Waals surface area contributed by atoms with Crippen LogP contribution in [0, 0.1) is 0 Å². The lowest BCUT2D eigenvalue weighted by molar-refractivity contribution is 0.107. The van der Waals surface area contributed by atoms with Crippen LogP contribution in [-0.4, -0.2) is 31.2 Å². The van der Waals surface area contributed by atoms with Gasteiger partial charge < -0.3 is 4.74 Å². The van der Waals surface area contributed by atoms with Crippen LogP contribution in [0.2, 0.25) is 0 Å². The monoisotopic (exact) mass is 273 g/mol. The van der Waals surface area contributed by atoms with Gasteiger partial charge in [0.25, 0.3) is 0 Å². The minimum Gasteiger partial charge on any atom is -0.380 e. The molecule has 1 aliphatic rings. The topological polar surface area (TPSA) is 12.5 Å². The van der Waals surface area contributed by atoms with Crippen LogP contribution in [-0.2, 0) is 11.3 Å². The van der Waals surface area contributed by atoms with E-state index in [1.54, 1.807) is 0 Å². The molecule has 1 fully saturated rings. The molecule has 2 nitrogen and oxygen atoms in total. The number of benzene rings is 1. The molecule has 0 spiro atoms. The summed E-state index contributed by atoms with van der Waals surface area (Å²) in [5.41, 5.74) is 1.31.